The molecule has 2 aromatic rings. The van der Waals surface area contributed by atoms with Crippen LogP contribution in [0.3, 0.4) is 0 Å². The van der Waals surface area contributed by atoms with Gasteiger partial charge in [0.25, 0.3) is 0 Å². The number of thioether (sulfide) groups is 1. The van der Waals surface area contributed by atoms with Gasteiger partial charge in [0.1, 0.15) is 5.92 Å². The fourth-order valence-electron chi connectivity index (χ4n) is 3.65. The molecule has 1 aliphatic heterocycles. The number of esters is 1. The van der Waals surface area contributed by atoms with Gasteiger partial charge in [0.15, 0.2) is 0 Å². The average molecular weight is 498 g/mol. The summed E-state index contributed by atoms with van der Waals surface area (Å²) in [5.41, 5.74) is 2.42. The second-order valence-corrected chi connectivity index (χ2v) is 8.85. The highest BCUT2D eigenvalue weighted by atomic mass is 35.5. The molecule has 34 heavy (non-hydrogen) atoms. The molecule has 0 spiro atoms. The Morgan fingerprint density at radius 3 is 2.50 bits per heavy atom. The van der Waals surface area contributed by atoms with Gasteiger partial charge in [-0.2, -0.15) is 5.26 Å². The topological polar surface area (TPSA) is 108 Å². The maximum Gasteiger partial charge on any atom is 0.319 e. The lowest BCUT2D eigenvalue weighted by Gasteiger charge is -2.31. The van der Waals surface area contributed by atoms with E-state index in [1.54, 1.807) is 31.2 Å². The highest BCUT2D eigenvalue weighted by molar-refractivity contribution is 8.03. The molecule has 7 nitrogen and oxygen atoms in total. The first kappa shape index (κ1) is 25.3. The van der Waals surface area contributed by atoms with Crippen molar-refractivity contribution in [2.45, 2.75) is 26.2 Å². The van der Waals surface area contributed by atoms with E-state index in [-0.39, 0.29) is 28.9 Å². The summed E-state index contributed by atoms with van der Waals surface area (Å²) in [6, 6.07) is 16.4. The molecule has 1 heterocycles. The zero-order chi connectivity index (χ0) is 24.7. The summed E-state index contributed by atoms with van der Waals surface area (Å²) in [6.45, 7) is 3.77. The van der Waals surface area contributed by atoms with E-state index in [0.29, 0.717) is 16.3 Å². The minimum Gasteiger partial charge on any atom is -0.465 e. The molecule has 2 amide bonds. The Morgan fingerprint density at radius 2 is 1.88 bits per heavy atom. The maximum absolute atomic E-state index is 13.0. The van der Waals surface area contributed by atoms with Crippen molar-refractivity contribution in [3.05, 3.63) is 75.3 Å². The van der Waals surface area contributed by atoms with E-state index in [0.717, 1.165) is 23.7 Å². The number of anilines is 1. The number of allylic oxidation sites excluding steroid dienone is 1. The van der Waals surface area contributed by atoms with Gasteiger partial charge in [0, 0.05) is 16.6 Å². The van der Waals surface area contributed by atoms with Crippen LogP contribution in [-0.4, -0.2) is 30.1 Å². The van der Waals surface area contributed by atoms with Crippen molar-refractivity contribution in [1.29, 1.82) is 5.26 Å². The standard InChI is InChI=1S/C25H24ClN3O4S/c1-3-15-9-11-16(12-10-15)28-20(30)14-34-24-18(13-27)21(17-7-5-6-8-19(17)26)22(23(31)29-24)25(32)33-4-2/h5-12,21-22H,3-4,14H2,1-2H3,(H,28,30)(H,29,31)/t21-,22+/m1/s1. The Labute approximate surface area is 207 Å². The number of nitrogens with zero attached hydrogens (tertiary/aromatic N) is 1. The third-order valence-corrected chi connectivity index (χ3v) is 6.66. The summed E-state index contributed by atoms with van der Waals surface area (Å²) in [4.78, 5) is 38.1. The Hall–Kier alpha value is -3.28. The molecule has 0 unspecified atom stereocenters. The molecule has 0 aromatic heterocycles. The first-order valence-electron chi connectivity index (χ1n) is 10.8. The minimum atomic E-state index is -1.27. The molecule has 0 radical (unpaired) electrons. The summed E-state index contributed by atoms with van der Waals surface area (Å²) in [6.07, 6.45) is 0.897. The monoisotopic (exact) mass is 497 g/mol. The molecule has 3 rings (SSSR count). The molecule has 0 bridgehead atoms. The second-order valence-electron chi connectivity index (χ2n) is 7.46. The molecule has 0 saturated carbocycles. The predicted octanol–water partition coefficient (Wildman–Crippen LogP) is 4.40. The fourth-order valence-corrected chi connectivity index (χ4v) is 4.75. The van der Waals surface area contributed by atoms with Crippen molar-refractivity contribution in [2.24, 2.45) is 5.92 Å². The van der Waals surface area contributed by atoms with Crippen LogP contribution in [0.4, 0.5) is 5.69 Å². The van der Waals surface area contributed by atoms with Gasteiger partial charge in [-0.3, -0.25) is 14.4 Å². The molecule has 9 heteroatoms. The Bertz CT molecular complexity index is 1160. The van der Waals surface area contributed by atoms with Crippen LogP contribution in [0.15, 0.2) is 59.1 Å². The number of carbonyl (C=O) groups is 3. The number of nitriles is 1. The summed E-state index contributed by atoms with van der Waals surface area (Å²) in [5, 5.41) is 15.9. The van der Waals surface area contributed by atoms with Crippen LogP contribution in [-0.2, 0) is 25.5 Å². The van der Waals surface area contributed by atoms with Crippen LogP contribution in [0.1, 0.15) is 30.9 Å². The molecule has 2 aromatic carbocycles. The number of hydrogen-bond donors (Lipinski definition) is 2. The maximum atomic E-state index is 13.0. The number of rotatable bonds is 8. The number of carbonyl (C=O) groups excluding carboxylic acids is 3. The quantitative estimate of drug-likeness (QED) is 0.413. The van der Waals surface area contributed by atoms with Crippen LogP contribution >= 0.6 is 23.4 Å². The lowest BCUT2D eigenvalue weighted by Crippen LogP contribution is -2.44. The molecule has 2 N–H and O–H groups in total. The number of benzene rings is 2. The fraction of sp³-hybridized carbons (Fsp3) is 0.280. The van der Waals surface area contributed by atoms with Gasteiger partial charge in [-0.05, 0) is 42.7 Å². The molecular formula is C25H24ClN3O4S. The van der Waals surface area contributed by atoms with E-state index in [2.05, 4.69) is 16.7 Å². The van der Waals surface area contributed by atoms with Crippen LogP contribution < -0.4 is 10.6 Å². The van der Waals surface area contributed by atoms with E-state index in [1.807, 2.05) is 31.2 Å². The van der Waals surface area contributed by atoms with Crippen LogP contribution in [0, 0.1) is 17.2 Å². The highest BCUT2D eigenvalue weighted by Crippen LogP contribution is 2.42. The smallest absolute Gasteiger partial charge is 0.319 e. The number of halogens is 1. The summed E-state index contributed by atoms with van der Waals surface area (Å²) in [5.74, 6) is -3.90. The first-order valence-corrected chi connectivity index (χ1v) is 12.1. The Kier molecular flexibility index (Phi) is 8.74. The van der Waals surface area contributed by atoms with Gasteiger partial charge in [0.2, 0.25) is 11.8 Å². The average Bonchev–Trinajstić information content (AvgIpc) is 2.83. The van der Waals surface area contributed by atoms with Crippen LogP contribution in [0.25, 0.3) is 0 Å². The van der Waals surface area contributed by atoms with Gasteiger partial charge >= 0.3 is 5.97 Å². The lowest BCUT2D eigenvalue weighted by molar-refractivity contribution is -0.152. The molecule has 0 saturated heterocycles. The van der Waals surface area contributed by atoms with Crippen molar-refractivity contribution >= 4 is 46.8 Å². The largest absolute Gasteiger partial charge is 0.465 e. The third-order valence-electron chi connectivity index (χ3n) is 5.30. The van der Waals surface area contributed by atoms with E-state index in [4.69, 9.17) is 16.3 Å². The summed E-state index contributed by atoms with van der Waals surface area (Å²) in [7, 11) is 0. The molecular weight excluding hydrogens is 474 g/mol. The molecule has 0 fully saturated rings. The first-order chi connectivity index (χ1) is 16.4. The molecule has 176 valence electrons. The molecule has 2 atom stereocenters. The SMILES string of the molecule is CCOC(=O)[C@@H]1C(=O)NC(SCC(=O)Nc2ccc(CC)cc2)=C(C#N)[C@H]1c1ccccc1Cl. The van der Waals surface area contributed by atoms with Gasteiger partial charge in [-0.15, -0.1) is 0 Å². The van der Waals surface area contributed by atoms with Gasteiger partial charge in [-0.25, -0.2) is 0 Å². The zero-order valence-electron chi connectivity index (χ0n) is 18.8. The van der Waals surface area contributed by atoms with Crippen molar-refractivity contribution in [1.82, 2.24) is 5.32 Å². The van der Waals surface area contributed by atoms with Crippen molar-refractivity contribution < 1.29 is 19.1 Å². The molecule has 0 aliphatic carbocycles. The van der Waals surface area contributed by atoms with Crippen molar-refractivity contribution in [3.63, 3.8) is 0 Å². The van der Waals surface area contributed by atoms with E-state index in [9.17, 15) is 19.6 Å². The Morgan fingerprint density at radius 1 is 1.18 bits per heavy atom. The van der Waals surface area contributed by atoms with Crippen molar-refractivity contribution in [2.75, 3.05) is 17.7 Å². The predicted molar refractivity (Wildman–Crippen MR) is 132 cm³/mol. The van der Waals surface area contributed by atoms with E-state index in [1.165, 1.54) is 0 Å². The van der Waals surface area contributed by atoms with Crippen molar-refractivity contribution in [3.8, 4) is 6.07 Å². The normalized spacial score (nSPS) is 17.5. The number of nitrogens with one attached hydrogen (secondary N) is 2. The lowest BCUT2D eigenvalue weighted by atomic mass is 9.78. The number of ether oxygens (including phenoxy) is 1. The summed E-state index contributed by atoms with van der Waals surface area (Å²) >= 11 is 7.39. The zero-order valence-corrected chi connectivity index (χ0v) is 20.3. The van der Waals surface area contributed by atoms with E-state index < -0.39 is 23.7 Å². The third kappa shape index (κ3) is 5.79. The number of aryl methyl sites for hydroxylation is 1. The van der Waals surface area contributed by atoms with Gasteiger partial charge < -0.3 is 15.4 Å². The number of hydrogen-bond acceptors (Lipinski definition) is 6. The van der Waals surface area contributed by atoms with Gasteiger partial charge in [-0.1, -0.05) is 60.6 Å². The minimum absolute atomic E-state index is 0.0460. The van der Waals surface area contributed by atoms with E-state index >= 15 is 0 Å². The Balaban J connectivity index is 1.87. The summed E-state index contributed by atoms with van der Waals surface area (Å²) < 4.78 is 5.11. The second kappa shape index (κ2) is 11.7. The van der Waals surface area contributed by atoms with Crippen LogP contribution in [0.2, 0.25) is 5.02 Å². The van der Waals surface area contributed by atoms with Crippen LogP contribution in [0.5, 0.6) is 0 Å². The van der Waals surface area contributed by atoms with Gasteiger partial charge in [0.05, 0.1) is 29.0 Å². The highest BCUT2D eigenvalue weighted by Gasteiger charge is 2.45. The number of amides is 2. The molecule has 1 aliphatic rings.